The number of carbonyl (C=O) groups excluding carboxylic acids is 3. The van der Waals surface area contributed by atoms with E-state index < -0.39 is 0 Å². The fourth-order valence-corrected chi connectivity index (χ4v) is 7.29. The molecule has 4 saturated carbocycles. The molecule has 2 amide bonds. The number of para-hydroxylation sites is 1. The van der Waals surface area contributed by atoms with E-state index in [1.807, 2.05) is 42.2 Å². The molecule has 6 heteroatoms. The van der Waals surface area contributed by atoms with E-state index in [1.54, 1.807) is 6.08 Å². The Morgan fingerprint density at radius 1 is 1.12 bits per heavy atom. The summed E-state index contributed by atoms with van der Waals surface area (Å²) in [7, 11) is 0. The van der Waals surface area contributed by atoms with Crippen LogP contribution in [-0.4, -0.2) is 60.2 Å². The van der Waals surface area contributed by atoms with Gasteiger partial charge in [-0.3, -0.25) is 14.4 Å². The van der Waals surface area contributed by atoms with Gasteiger partial charge in [0, 0.05) is 49.7 Å². The first-order valence-corrected chi connectivity index (χ1v) is 12.5. The molecule has 4 bridgehead atoms. The van der Waals surface area contributed by atoms with Gasteiger partial charge in [0.2, 0.25) is 11.8 Å². The van der Waals surface area contributed by atoms with E-state index in [4.69, 9.17) is 4.74 Å². The maximum atomic E-state index is 13.2. The second-order valence-electron chi connectivity index (χ2n) is 10.7. The van der Waals surface area contributed by atoms with Crippen LogP contribution >= 0.6 is 0 Å². The third kappa shape index (κ3) is 3.32. The number of benzene rings is 1. The van der Waals surface area contributed by atoms with Crippen molar-refractivity contribution in [2.24, 2.45) is 35.0 Å². The first kappa shape index (κ1) is 20.9. The smallest absolute Gasteiger partial charge is 0.246 e. The van der Waals surface area contributed by atoms with Gasteiger partial charge < -0.3 is 14.5 Å². The molecule has 6 fully saturated rings. The number of rotatable bonds is 5. The monoisotopic (exact) mass is 448 g/mol. The molecule has 2 aliphatic heterocycles. The van der Waals surface area contributed by atoms with E-state index in [2.05, 4.69) is 4.90 Å². The number of Topliss-reactive ketones (excluding diaryl/α,β-unsaturated/α-hetero) is 1. The van der Waals surface area contributed by atoms with E-state index in [-0.39, 0.29) is 35.0 Å². The van der Waals surface area contributed by atoms with Gasteiger partial charge >= 0.3 is 0 Å². The Morgan fingerprint density at radius 2 is 1.85 bits per heavy atom. The summed E-state index contributed by atoms with van der Waals surface area (Å²) in [5, 5.41) is 0. The van der Waals surface area contributed by atoms with Crippen LogP contribution in [0, 0.1) is 35.0 Å². The lowest BCUT2D eigenvalue weighted by atomic mass is 9.77. The van der Waals surface area contributed by atoms with E-state index in [1.165, 1.54) is 0 Å². The van der Waals surface area contributed by atoms with Crippen LogP contribution in [0.25, 0.3) is 6.08 Å². The number of likely N-dealkylation sites (tertiary alicyclic amines) is 2. The van der Waals surface area contributed by atoms with Gasteiger partial charge in [-0.2, -0.15) is 0 Å². The minimum Gasteiger partial charge on any atom is -0.493 e. The molecule has 5 atom stereocenters. The van der Waals surface area contributed by atoms with Crippen LogP contribution in [0.2, 0.25) is 0 Å². The Balaban J connectivity index is 1.04. The molecule has 1 aromatic rings. The molecule has 33 heavy (non-hydrogen) atoms. The van der Waals surface area contributed by atoms with Crippen LogP contribution < -0.4 is 4.74 Å². The standard InChI is InChI=1S/C27H32N2O4/c1-2-33-20-6-4-3-5-17(20)7-8-21(30)28-12-9-27(10-13-28)11-14-29(16-27)26(32)24-19-15-18-22(24)23(18)25(19)31/h3-8,18-19,22-24H,2,9-16H2,1H3. The summed E-state index contributed by atoms with van der Waals surface area (Å²) in [6.07, 6.45) is 7.34. The Bertz CT molecular complexity index is 1020. The van der Waals surface area contributed by atoms with E-state index in [9.17, 15) is 14.4 Å². The van der Waals surface area contributed by atoms with Crippen molar-refractivity contribution in [3.8, 4) is 5.75 Å². The Morgan fingerprint density at radius 3 is 2.48 bits per heavy atom. The van der Waals surface area contributed by atoms with Gasteiger partial charge in [-0.05, 0) is 62.0 Å². The molecule has 7 rings (SSSR count). The number of hydrogen-bond donors (Lipinski definition) is 0. The molecule has 2 heterocycles. The molecule has 5 unspecified atom stereocenters. The summed E-state index contributed by atoms with van der Waals surface area (Å²) >= 11 is 0. The lowest BCUT2D eigenvalue weighted by Crippen LogP contribution is -2.45. The lowest BCUT2D eigenvalue weighted by molar-refractivity contribution is -0.138. The maximum absolute atomic E-state index is 13.2. The Hall–Kier alpha value is -2.63. The number of hydrogen-bond acceptors (Lipinski definition) is 4. The van der Waals surface area contributed by atoms with Crippen molar-refractivity contribution in [2.75, 3.05) is 32.8 Å². The van der Waals surface area contributed by atoms with Crippen molar-refractivity contribution in [1.29, 1.82) is 0 Å². The zero-order valence-corrected chi connectivity index (χ0v) is 19.2. The number of piperidine rings is 1. The van der Waals surface area contributed by atoms with E-state index in [0.29, 0.717) is 24.2 Å². The topological polar surface area (TPSA) is 66.9 Å². The summed E-state index contributed by atoms with van der Waals surface area (Å²) in [4.78, 5) is 42.3. The molecule has 6 nitrogen and oxygen atoms in total. The molecule has 0 aromatic heterocycles. The van der Waals surface area contributed by atoms with Crippen molar-refractivity contribution < 1.29 is 19.1 Å². The van der Waals surface area contributed by atoms with E-state index in [0.717, 1.165) is 63.2 Å². The Labute approximate surface area is 194 Å². The second-order valence-corrected chi connectivity index (χ2v) is 10.7. The van der Waals surface area contributed by atoms with Crippen LogP contribution in [0.15, 0.2) is 30.3 Å². The summed E-state index contributed by atoms with van der Waals surface area (Å²) in [6.45, 7) is 5.61. The average molecular weight is 449 g/mol. The number of ketones is 1. The van der Waals surface area contributed by atoms with Crippen molar-refractivity contribution >= 4 is 23.7 Å². The maximum Gasteiger partial charge on any atom is 0.246 e. The largest absolute Gasteiger partial charge is 0.493 e. The lowest BCUT2D eigenvalue weighted by Gasteiger charge is -2.39. The molecule has 1 spiro atoms. The number of amides is 2. The van der Waals surface area contributed by atoms with Crippen molar-refractivity contribution in [3.05, 3.63) is 35.9 Å². The highest BCUT2D eigenvalue weighted by molar-refractivity contribution is 6.00. The molecule has 0 N–H and O–H groups in total. The second kappa shape index (κ2) is 7.71. The summed E-state index contributed by atoms with van der Waals surface area (Å²) in [5.74, 6) is 2.56. The number of nitrogens with zero attached hydrogens (tertiary/aromatic N) is 2. The molecular weight excluding hydrogens is 416 g/mol. The van der Waals surface area contributed by atoms with Crippen LogP contribution in [0.5, 0.6) is 5.75 Å². The number of carbonyl (C=O) groups is 3. The van der Waals surface area contributed by atoms with Crippen molar-refractivity contribution in [1.82, 2.24) is 9.80 Å². The van der Waals surface area contributed by atoms with Gasteiger partial charge in [-0.25, -0.2) is 0 Å². The SMILES string of the molecule is CCOc1ccccc1C=CC(=O)N1CCC2(CC1)CCN(C(=O)C1C3CC4C(C3=O)C41)C2. The molecule has 0 radical (unpaired) electrons. The van der Waals surface area contributed by atoms with Gasteiger partial charge in [0.25, 0.3) is 0 Å². The third-order valence-corrected chi connectivity index (χ3v) is 9.09. The summed E-state index contributed by atoms with van der Waals surface area (Å²) in [6, 6.07) is 7.74. The normalized spacial score (nSPS) is 33.4. The molecular formula is C27H32N2O4. The fraction of sp³-hybridized carbons (Fsp3) is 0.593. The Kier molecular flexibility index (Phi) is 4.89. The molecule has 174 valence electrons. The average Bonchev–Trinajstić information content (AvgIpc) is 3.16. The summed E-state index contributed by atoms with van der Waals surface area (Å²) in [5.41, 5.74) is 1.04. The van der Waals surface area contributed by atoms with Crippen LogP contribution in [-0.2, 0) is 14.4 Å². The molecule has 6 aliphatic rings. The van der Waals surface area contributed by atoms with Crippen LogP contribution in [0.1, 0.15) is 38.2 Å². The van der Waals surface area contributed by atoms with E-state index >= 15 is 0 Å². The minimum atomic E-state index is -0.0194. The minimum absolute atomic E-state index is 0.0194. The third-order valence-electron chi connectivity index (χ3n) is 9.09. The predicted molar refractivity (Wildman–Crippen MR) is 123 cm³/mol. The van der Waals surface area contributed by atoms with Crippen LogP contribution in [0.4, 0.5) is 0 Å². The van der Waals surface area contributed by atoms with Crippen LogP contribution in [0.3, 0.4) is 0 Å². The highest BCUT2D eigenvalue weighted by Gasteiger charge is 2.75. The van der Waals surface area contributed by atoms with Gasteiger partial charge in [0.15, 0.2) is 0 Å². The van der Waals surface area contributed by atoms with Crippen molar-refractivity contribution in [2.45, 2.75) is 32.6 Å². The predicted octanol–water partition coefficient (Wildman–Crippen LogP) is 3.02. The van der Waals surface area contributed by atoms with Gasteiger partial charge in [0.1, 0.15) is 11.5 Å². The zero-order valence-electron chi connectivity index (χ0n) is 19.2. The molecule has 2 saturated heterocycles. The van der Waals surface area contributed by atoms with Gasteiger partial charge in [-0.1, -0.05) is 18.2 Å². The van der Waals surface area contributed by atoms with Gasteiger partial charge in [-0.15, -0.1) is 0 Å². The van der Waals surface area contributed by atoms with Crippen molar-refractivity contribution in [3.63, 3.8) is 0 Å². The molecule has 4 aliphatic carbocycles. The first-order chi connectivity index (χ1) is 16.0. The zero-order chi connectivity index (χ0) is 22.7. The fourth-order valence-electron chi connectivity index (χ4n) is 7.29. The molecule has 1 aromatic carbocycles. The summed E-state index contributed by atoms with van der Waals surface area (Å²) < 4.78 is 5.64. The highest BCUT2D eigenvalue weighted by atomic mass is 16.5. The quantitative estimate of drug-likeness (QED) is 0.650. The first-order valence-electron chi connectivity index (χ1n) is 12.5. The highest BCUT2D eigenvalue weighted by Crippen LogP contribution is 2.71. The number of ether oxygens (including phenoxy) is 1. The van der Waals surface area contributed by atoms with Gasteiger partial charge in [0.05, 0.1) is 12.5 Å².